The van der Waals surface area contributed by atoms with Gasteiger partial charge >= 0.3 is 7.12 Å². The average molecular weight is 544 g/mol. The SMILES string of the molecule is CC1(C)OB(c2ccc3c(c2)ncc2ccccc23)OC1(C)Cc1cccc(-c2nc3ccccc3nc2Cl)c1. The summed E-state index contributed by atoms with van der Waals surface area (Å²) in [6, 6.07) is 30.6. The van der Waals surface area contributed by atoms with Crippen molar-refractivity contribution in [1.29, 1.82) is 0 Å². The molecule has 5 nitrogen and oxygen atoms in total. The highest BCUT2D eigenvalue weighted by molar-refractivity contribution is 6.62. The Bertz CT molecular complexity index is 1930. The van der Waals surface area contributed by atoms with Gasteiger partial charge in [0.15, 0.2) is 5.15 Å². The second-order valence-electron chi connectivity index (χ2n) is 11.2. The first kappa shape index (κ1) is 25.2. The van der Waals surface area contributed by atoms with Gasteiger partial charge in [-0.2, -0.15) is 0 Å². The van der Waals surface area contributed by atoms with E-state index in [1.165, 1.54) is 5.39 Å². The Morgan fingerprint density at radius 1 is 0.750 bits per heavy atom. The molecule has 0 bridgehead atoms. The van der Waals surface area contributed by atoms with Crippen LogP contribution in [0, 0.1) is 0 Å². The second-order valence-corrected chi connectivity index (χ2v) is 11.5. The molecule has 4 aromatic carbocycles. The number of rotatable bonds is 4. The van der Waals surface area contributed by atoms with Gasteiger partial charge in [0.1, 0.15) is 5.69 Å². The fourth-order valence-corrected chi connectivity index (χ4v) is 5.83. The highest BCUT2D eigenvalue weighted by atomic mass is 35.5. The van der Waals surface area contributed by atoms with E-state index in [-0.39, 0.29) is 0 Å². The first-order valence-electron chi connectivity index (χ1n) is 13.4. The molecule has 0 aliphatic carbocycles. The van der Waals surface area contributed by atoms with Crippen LogP contribution in [0.2, 0.25) is 5.15 Å². The number of para-hydroxylation sites is 2. The zero-order valence-electron chi connectivity index (χ0n) is 22.6. The van der Waals surface area contributed by atoms with Crippen LogP contribution in [0.25, 0.3) is 44.0 Å². The molecule has 2 aromatic heterocycles. The third-order valence-electron chi connectivity index (χ3n) is 8.20. The van der Waals surface area contributed by atoms with Crippen LogP contribution in [0.3, 0.4) is 0 Å². The van der Waals surface area contributed by atoms with Gasteiger partial charge < -0.3 is 9.31 Å². The summed E-state index contributed by atoms with van der Waals surface area (Å²) in [5.41, 5.74) is 5.05. The summed E-state index contributed by atoms with van der Waals surface area (Å²) in [5, 5.41) is 3.83. The number of fused-ring (bicyclic) bond motifs is 4. The van der Waals surface area contributed by atoms with Crippen LogP contribution in [-0.4, -0.2) is 33.3 Å². The molecule has 6 aromatic rings. The minimum atomic E-state index is -0.582. The molecular weight excluding hydrogens is 517 g/mol. The topological polar surface area (TPSA) is 57.1 Å². The molecular formula is C33H27BClN3O2. The standard InChI is InChI=1S/C33H27BClN3O2/c1-32(2)33(3,19-21-9-8-11-22(17-21)30-31(35)38-28-14-7-6-13-27(28)37-30)40-34(39-32)24-15-16-26-25-12-5-4-10-23(25)20-36-29(26)18-24/h4-18,20H,19H2,1-3H3. The Balaban J connectivity index is 1.19. The van der Waals surface area contributed by atoms with Crippen molar-refractivity contribution in [2.45, 2.75) is 38.4 Å². The quantitative estimate of drug-likeness (QED) is 0.174. The van der Waals surface area contributed by atoms with Crippen molar-refractivity contribution in [3.63, 3.8) is 0 Å². The fraction of sp³-hybridized carbons (Fsp3) is 0.182. The monoisotopic (exact) mass is 543 g/mol. The first-order valence-corrected chi connectivity index (χ1v) is 13.8. The zero-order chi connectivity index (χ0) is 27.5. The van der Waals surface area contributed by atoms with Crippen molar-refractivity contribution in [3.8, 4) is 11.3 Å². The minimum absolute atomic E-state index is 0.389. The van der Waals surface area contributed by atoms with E-state index in [0.29, 0.717) is 17.3 Å². The Hall–Kier alpha value is -3.84. The second kappa shape index (κ2) is 9.38. The Labute approximate surface area is 238 Å². The maximum atomic E-state index is 6.71. The summed E-state index contributed by atoms with van der Waals surface area (Å²) in [6.07, 6.45) is 2.57. The lowest BCUT2D eigenvalue weighted by Crippen LogP contribution is -2.46. The van der Waals surface area contributed by atoms with Gasteiger partial charge in [-0.05, 0) is 61.4 Å². The van der Waals surface area contributed by atoms with E-state index in [0.717, 1.165) is 43.9 Å². The number of hydrogen-bond donors (Lipinski definition) is 0. The highest BCUT2D eigenvalue weighted by Crippen LogP contribution is 2.40. The number of aromatic nitrogens is 3. The molecule has 0 radical (unpaired) electrons. The van der Waals surface area contributed by atoms with Gasteiger partial charge in [-0.25, -0.2) is 9.97 Å². The number of benzene rings is 4. The molecule has 0 saturated carbocycles. The summed E-state index contributed by atoms with van der Waals surface area (Å²) < 4.78 is 13.3. The normalized spacial score (nSPS) is 18.6. The Kier molecular flexibility index (Phi) is 5.90. The molecule has 0 amide bonds. The molecule has 1 unspecified atom stereocenters. The van der Waals surface area contributed by atoms with E-state index in [2.05, 4.69) is 74.3 Å². The molecule has 0 spiro atoms. The number of pyridine rings is 1. The lowest BCUT2D eigenvalue weighted by Gasteiger charge is -2.36. The summed E-state index contributed by atoms with van der Waals surface area (Å²) in [4.78, 5) is 14.1. The van der Waals surface area contributed by atoms with Gasteiger partial charge in [-0.15, -0.1) is 0 Å². The summed E-state index contributed by atoms with van der Waals surface area (Å²) in [5.74, 6) is 0. The van der Waals surface area contributed by atoms with Crippen LogP contribution in [0.1, 0.15) is 26.3 Å². The summed E-state index contributed by atoms with van der Waals surface area (Å²) >= 11 is 6.57. The van der Waals surface area contributed by atoms with Crippen molar-refractivity contribution in [3.05, 3.63) is 108 Å². The summed E-state index contributed by atoms with van der Waals surface area (Å²) in [7, 11) is -0.498. The van der Waals surface area contributed by atoms with Crippen LogP contribution in [0.4, 0.5) is 0 Å². The van der Waals surface area contributed by atoms with E-state index in [1.807, 2.05) is 48.7 Å². The van der Waals surface area contributed by atoms with Crippen LogP contribution < -0.4 is 5.46 Å². The van der Waals surface area contributed by atoms with Gasteiger partial charge in [0.2, 0.25) is 0 Å². The van der Waals surface area contributed by atoms with E-state index in [1.54, 1.807) is 0 Å². The van der Waals surface area contributed by atoms with Gasteiger partial charge in [-0.3, -0.25) is 4.98 Å². The third-order valence-corrected chi connectivity index (χ3v) is 8.46. The molecule has 40 heavy (non-hydrogen) atoms. The largest absolute Gasteiger partial charge is 0.494 e. The maximum Gasteiger partial charge on any atom is 0.494 e. The van der Waals surface area contributed by atoms with Crippen LogP contribution in [-0.2, 0) is 15.7 Å². The van der Waals surface area contributed by atoms with Crippen molar-refractivity contribution >= 4 is 56.9 Å². The molecule has 7 heteroatoms. The molecule has 1 fully saturated rings. The lowest BCUT2D eigenvalue weighted by molar-refractivity contribution is -0.00876. The van der Waals surface area contributed by atoms with E-state index < -0.39 is 18.3 Å². The van der Waals surface area contributed by atoms with Gasteiger partial charge in [0.25, 0.3) is 0 Å². The number of hydrogen-bond acceptors (Lipinski definition) is 5. The Morgan fingerprint density at radius 2 is 1.52 bits per heavy atom. The molecule has 1 saturated heterocycles. The van der Waals surface area contributed by atoms with Gasteiger partial charge in [-0.1, -0.05) is 78.3 Å². The molecule has 0 N–H and O–H groups in total. The highest BCUT2D eigenvalue weighted by Gasteiger charge is 2.54. The van der Waals surface area contributed by atoms with E-state index in [4.69, 9.17) is 30.9 Å². The smallest absolute Gasteiger partial charge is 0.399 e. The third kappa shape index (κ3) is 4.24. The van der Waals surface area contributed by atoms with Gasteiger partial charge in [0, 0.05) is 29.0 Å². The van der Waals surface area contributed by atoms with Crippen LogP contribution >= 0.6 is 11.6 Å². The molecule has 3 heterocycles. The Morgan fingerprint density at radius 3 is 2.38 bits per heavy atom. The molecule has 1 atom stereocenters. The predicted molar refractivity (Wildman–Crippen MR) is 163 cm³/mol. The van der Waals surface area contributed by atoms with E-state index >= 15 is 0 Å². The first-order chi connectivity index (χ1) is 19.3. The molecule has 196 valence electrons. The molecule has 7 rings (SSSR count). The van der Waals surface area contributed by atoms with Crippen LogP contribution in [0.5, 0.6) is 0 Å². The zero-order valence-corrected chi connectivity index (χ0v) is 23.3. The average Bonchev–Trinajstić information content (AvgIpc) is 3.20. The van der Waals surface area contributed by atoms with Crippen molar-refractivity contribution in [1.82, 2.24) is 15.0 Å². The lowest BCUT2D eigenvalue weighted by atomic mass is 9.78. The maximum absolute atomic E-state index is 6.71. The van der Waals surface area contributed by atoms with E-state index in [9.17, 15) is 0 Å². The number of halogens is 1. The van der Waals surface area contributed by atoms with Crippen molar-refractivity contribution in [2.24, 2.45) is 0 Å². The predicted octanol–water partition coefficient (Wildman–Crippen LogP) is 7.17. The minimum Gasteiger partial charge on any atom is -0.399 e. The van der Waals surface area contributed by atoms with Crippen molar-refractivity contribution < 1.29 is 9.31 Å². The summed E-state index contributed by atoms with van der Waals surface area (Å²) in [6.45, 7) is 6.31. The molecule has 1 aliphatic heterocycles. The number of nitrogens with zero attached hydrogens (tertiary/aromatic N) is 3. The van der Waals surface area contributed by atoms with Gasteiger partial charge in [0.05, 0.1) is 27.8 Å². The van der Waals surface area contributed by atoms with Crippen LogP contribution in [0.15, 0.2) is 97.2 Å². The fourth-order valence-electron chi connectivity index (χ4n) is 5.59. The van der Waals surface area contributed by atoms with Crippen molar-refractivity contribution in [2.75, 3.05) is 0 Å². The molecule has 1 aliphatic rings.